The molecule has 1 unspecified atom stereocenters. The summed E-state index contributed by atoms with van der Waals surface area (Å²) in [6.45, 7) is 2.36. The summed E-state index contributed by atoms with van der Waals surface area (Å²) in [7, 11) is 1.00. The van der Waals surface area contributed by atoms with Gasteiger partial charge in [0.1, 0.15) is 22.1 Å². The monoisotopic (exact) mass is 487 g/mol. The molecule has 1 aromatic carbocycles. The average Bonchev–Trinajstić information content (AvgIpc) is 3.07. The molecule has 4 rings (SSSR count). The lowest BCUT2D eigenvalue weighted by molar-refractivity contribution is 0.385. The van der Waals surface area contributed by atoms with E-state index in [4.69, 9.17) is 27.2 Å². The molecular formula is C20H27BrClN3O2S. The second kappa shape index (κ2) is 11.9. The van der Waals surface area contributed by atoms with Crippen LogP contribution in [0.25, 0.3) is 0 Å². The lowest BCUT2D eigenvalue weighted by Gasteiger charge is -2.15. The molecule has 1 aliphatic carbocycles. The van der Waals surface area contributed by atoms with Crippen LogP contribution in [-0.2, 0) is 0 Å². The van der Waals surface area contributed by atoms with Crippen molar-refractivity contribution < 1.29 is 9.84 Å². The number of hydrogen-bond donors (Lipinski definition) is 3. The number of ether oxygens (including phenoxy) is 1. The maximum atomic E-state index is 7.00. The Morgan fingerprint density at radius 1 is 1.21 bits per heavy atom. The molecular weight excluding hydrogens is 462 g/mol. The second-order valence-electron chi connectivity index (χ2n) is 6.63. The molecule has 0 amide bonds. The summed E-state index contributed by atoms with van der Waals surface area (Å²) in [6, 6.07) is 7.55. The number of hydrogen-bond acceptors (Lipinski definition) is 6. The van der Waals surface area contributed by atoms with Crippen LogP contribution in [-0.4, -0.2) is 22.7 Å². The number of anilines is 1. The predicted molar refractivity (Wildman–Crippen MR) is 121 cm³/mol. The van der Waals surface area contributed by atoms with Crippen molar-refractivity contribution in [1.29, 1.82) is 0 Å². The first-order valence-corrected chi connectivity index (χ1v) is 11.3. The van der Waals surface area contributed by atoms with Crippen LogP contribution in [0.4, 0.5) is 5.69 Å². The Labute approximate surface area is 184 Å². The molecule has 5 nitrogen and oxygen atoms in total. The number of aliphatic hydroxyl groups excluding tert-OH is 1. The van der Waals surface area contributed by atoms with E-state index >= 15 is 0 Å². The van der Waals surface area contributed by atoms with Gasteiger partial charge in [-0.3, -0.25) is 0 Å². The molecule has 0 saturated heterocycles. The normalized spacial score (nSPS) is 18.0. The summed E-state index contributed by atoms with van der Waals surface area (Å²) < 4.78 is 6.44. The summed E-state index contributed by atoms with van der Waals surface area (Å²) >= 11 is 10.7. The van der Waals surface area contributed by atoms with Crippen LogP contribution < -0.4 is 15.8 Å². The van der Waals surface area contributed by atoms with Crippen molar-refractivity contribution in [2.45, 2.75) is 49.4 Å². The standard InChI is InChI=1S/C12H9BrClN3OS.C7H14.CH4O/c13-8-3-7(5-16-11(8)14)18-6-1-2-9-10(4-6)19-12(15)17-9;1-7-5-3-2-4-6-7;1-2/h1-5,12,17H,15H2;7H,2-6H2,1H3;2H,1H3. The number of nitrogens with one attached hydrogen (secondary N) is 1. The lowest BCUT2D eigenvalue weighted by Crippen LogP contribution is -2.20. The van der Waals surface area contributed by atoms with Gasteiger partial charge in [-0.1, -0.05) is 62.4 Å². The fourth-order valence-corrected chi connectivity index (χ4v) is 4.33. The van der Waals surface area contributed by atoms with E-state index in [9.17, 15) is 0 Å². The topological polar surface area (TPSA) is 80.4 Å². The number of nitrogens with two attached hydrogens (primary N) is 1. The molecule has 1 aliphatic heterocycles. The molecule has 28 heavy (non-hydrogen) atoms. The number of benzene rings is 1. The van der Waals surface area contributed by atoms with E-state index < -0.39 is 0 Å². The minimum absolute atomic E-state index is 0.100. The molecule has 2 aromatic rings. The van der Waals surface area contributed by atoms with Crippen LogP contribution in [0.2, 0.25) is 5.15 Å². The van der Waals surface area contributed by atoms with E-state index in [-0.39, 0.29) is 5.50 Å². The van der Waals surface area contributed by atoms with Crippen molar-refractivity contribution in [2.24, 2.45) is 11.7 Å². The van der Waals surface area contributed by atoms with E-state index in [1.165, 1.54) is 32.1 Å². The summed E-state index contributed by atoms with van der Waals surface area (Å²) in [5, 5.41) is 10.6. The summed E-state index contributed by atoms with van der Waals surface area (Å²) in [5.74, 6) is 2.39. The van der Waals surface area contributed by atoms with Gasteiger partial charge in [0.15, 0.2) is 0 Å². The van der Waals surface area contributed by atoms with E-state index in [1.54, 1.807) is 24.0 Å². The van der Waals surface area contributed by atoms with Crippen LogP contribution in [0.5, 0.6) is 11.5 Å². The Kier molecular flexibility index (Phi) is 9.88. The van der Waals surface area contributed by atoms with Crippen molar-refractivity contribution in [1.82, 2.24) is 4.98 Å². The third-order valence-corrected chi connectivity index (χ3v) is 6.50. The smallest absolute Gasteiger partial charge is 0.146 e. The predicted octanol–water partition coefficient (Wildman–Crippen LogP) is 6.24. The van der Waals surface area contributed by atoms with Gasteiger partial charge in [0.2, 0.25) is 0 Å². The maximum absolute atomic E-state index is 7.00. The highest BCUT2D eigenvalue weighted by Crippen LogP contribution is 2.39. The third kappa shape index (κ3) is 7.12. The van der Waals surface area contributed by atoms with E-state index in [0.29, 0.717) is 15.4 Å². The van der Waals surface area contributed by atoms with Gasteiger partial charge < -0.3 is 20.9 Å². The second-order valence-corrected chi connectivity index (χ2v) is 9.03. The van der Waals surface area contributed by atoms with Gasteiger partial charge in [0.05, 0.1) is 16.4 Å². The minimum Gasteiger partial charge on any atom is -0.456 e. The molecule has 8 heteroatoms. The maximum Gasteiger partial charge on any atom is 0.146 e. The SMILES string of the molecule is CC1CCCCC1.CO.NC1Nc2ccc(Oc3cnc(Cl)c(Br)c3)cc2S1. The number of pyridine rings is 1. The molecule has 0 radical (unpaired) electrons. The number of aliphatic hydroxyl groups is 1. The molecule has 1 saturated carbocycles. The van der Waals surface area contributed by atoms with Crippen molar-refractivity contribution in [3.8, 4) is 11.5 Å². The van der Waals surface area contributed by atoms with E-state index in [0.717, 1.165) is 29.4 Å². The number of halogens is 2. The van der Waals surface area contributed by atoms with Gasteiger partial charge in [-0.15, -0.1) is 0 Å². The molecule has 0 bridgehead atoms. The van der Waals surface area contributed by atoms with Crippen molar-refractivity contribution in [3.63, 3.8) is 0 Å². The minimum atomic E-state index is -0.100. The zero-order valence-corrected chi connectivity index (χ0v) is 19.3. The van der Waals surface area contributed by atoms with E-state index in [1.807, 2.05) is 18.2 Å². The summed E-state index contributed by atoms with van der Waals surface area (Å²) in [4.78, 5) is 5.09. The molecule has 1 aromatic heterocycles. The molecule has 0 spiro atoms. The molecule has 154 valence electrons. The highest BCUT2D eigenvalue weighted by atomic mass is 79.9. The number of thioether (sulfide) groups is 1. The van der Waals surface area contributed by atoms with Crippen LogP contribution in [0, 0.1) is 5.92 Å². The highest BCUT2D eigenvalue weighted by molar-refractivity contribution is 9.10. The van der Waals surface area contributed by atoms with Crippen molar-refractivity contribution in [2.75, 3.05) is 12.4 Å². The van der Waals surface area contributed by atoms with Crippen LogP contribution in [0.3, 0.4) is 0 Å². The third-order valence-electron chi connectivity index (χ3n) is 4.41. The summed E-state index contributed by atoms with van der Waals surface area (Å²) in [6.07, 6.45) is 9.02. The van der Waals surface area contributed by atoms with Gasteiger partial charge in [0.25, 0.3) is 0 Å². The van der Waals surface area contributed by atoms with E-state index in [2.05, 4.69) is 33.2 Å². The van der Waals surface area contributed by atoms with Gasteiger partial charge in [-0.05, 0) is 46.1 Å². The average molecular weight is 489 g/mol. The quantitative estimate of drug-likeness (QED) is 0.434. The summed E-state index contributed by atoms with van der Waals surface area (Å²) in [5.41, 5.74) is 6.73. The fraction of sp³-hybridized carbons (Fsp3) is 0.450. The zero-order valence-electron chi connectivity index (χ0n) is 16.1. The molecule has 1 fully saturated rings. The molecule has 2 aliphatic rings. The Bertz CT molecular complexity index is 760. The van der Waals surface area contributed by atoms with Gasteiger partial charge >= 0.3 is 0 Å². The molecule has 1 atom stereocenters. The van der Waals surface area contributed by atoms with Gasteiger partial charge in [-0.25, -0.2) is 4.98 Å². The number of nitrogens with zero attached hydrogens (tertiary/aromatic N) is 1. The molecule has 2 heterocycles. The number of rotatable bonds is 2. The van der Waals surface area contributed by atoms with Crippen molar-refractivity contribution >= 4 is 45.0 Å². The largest absolute Gasteiger partial charge is 0.456 e. The van der Waals surface area contributed by atoms with Gasteiger partial charge in [-0.2, -0.15) is 0 Å². The first-order valence-electron chi connectivity index (χ1n) is 9.27. The van der Waals surface area contributed by atoms with Crippen LogP contribution in [0.1, 0.15) is 39.0 Å². The zero-order chi connectivity index (χ0) is 20.5. The number of aromatic nitrogens is 1. The molecule has 4 N–H and O–H groups in total. The fourth-order valence-electron chi connectivity index (χ4n) is 3.00. The Hall–Kier alpha value is -0.990. The lowest BCUT2D eigenvalue weighted by atomic mass is 9.91. The first-order chi connectivity index (χ1) is 13.5. The van der Waals surface area contributed by atoms with Crippen LogP contribution >= 0.6 is 39.3 Å². The Morgan fingerprint density at radius 2 is 1.93 bits per heavy atom. The number of fused-ring (bicyclic) bond motifs is 1. The first kappa shape index (κ1) is 23.3. The Morgan fingerprint density at radius 3 is 2.54 bits per heavy atom. The van der Waals surface area contributed by atoms with Crippen LogP contribution in [0.15, 0.2) is 39.8 Å². The van der Waals surface area contributed by atoms with Crippen molar-refractivity contribution in [3.05, 3.63) is 40.1 Å². The van der Waals surface area contributed by atoms with Gasteiger partial charge in [0, 0.05) is 12.0 Å². The highest BCUT2D eigenvalue weighted by Gasteiger charge is 2.18. The Balaban J connectivity index is 0.000000261.